The Kier molecular flexibility index (Phi) is 32.6. The Morgan fingerprint density at radius 3 is 1.93 bits per heavy atom. The number of nitrogens with one attached hydrogen (secondary N) is 6. The maximum atomic E-state index is 14.9. The van der Waals surface area contributed by atoms with Crippen LogP contribution < -0.4 is 42.5 Å². The Morgan fingerprint density at radius 2 is 1.30 bits per heavy atom. The first kappa shape index (κ1) is 83.6. The number of fused-ring (bicyclic) bond motifs is 2. The van der Waals surface area contributed by atoms with Crippen LogP contribution in [0.3, 0.4) is 0 Å². The number of amides is 11. The summed E-state index contributed by atoms with van der Waals surface area (Å²) in [5, 5.41) is 27.8. The first-order valence-electron chi connectivity index (χ1n) is 36.4. The van der Waals surface area contributed by atoms with E-state index >= 15 is 0 Å². The predicted octanol–water partition coefficient (Wildman–Crippen LogP) is 8.10. The number of nitrogens with zero attached hydrogens (tertiary/aromatic N) is 4. The van der Waals surface area contributed by atoms with Crippen LogP contribution in [0.15, 0.2) is 103 Å². The number of carbonyl (C=O) groups is 10. The number of aliphatic hydroxyl groups excluding tert-OH is 1. The minimum absolute atomic E-state index is 0.0423. The molecule has 4 aromatic carbocycles. The standard InChI is InChI=1S/C79H111N11O14/c1-15-51(8)70(63(102-13)45-66(93)89-44-26-34-62(89)72(103-14)52(9)73(95)82-53(10)71(94)57-29-17-16-18-30-57)87(11)77(99)68(49(4)5)86-76(98)69(50(6)7)88(12)79(101)104-47-54-37-41-59(42-38-54)83-74(96)60(32-25-43-81-78(80)100)84-75(97)67(48(2)3)85-64(91)35-23-24-36-65(92)90-46-58-31-20-19-27-55(58)39-40-56-28-21-22-33-61(56)90/h16-22,27-31,33,37-38,41-42,48-53,60,62-63,67-72,94H,15,23-26,32,34-36,43-47H2,1-14H3,(H,82,95)(H,83,96)(H,84,97)(H,85,91)(H,86,98)(H3,80,81,100)/t51-,52+,53+,60-,62-,63+,67-,68-,69-,70-,71+,72+/m0/s1. The molecule has 0 bridgehead atoms. The second-order valence-corrected chi connectivity index (χ2v) is 28.4. The SMILES string of the molecule is CC[C@H](C)[C@@H]([C@@H](CC(=O)N1CCC[C@H]1[C@H](OC)[C@@H](C)C(=O)N[C@H](C)[C@@H](O)c1ccccc1)OC)N(C)C(=O)[C@@H](NC(=O)[C@H](C(C)C)N(C)C(=O)OCc1ccc(NC(=O)[C@H](CCCNC(N)=O)NC(=O)[C@@H](NC(=O)CCCCC(=O)N2Cc3ccccc3C#Cc3ccccc32)C(C)C)cc1)C(C)C. The van der Waals surface area contributed by atoms with E-state index in [2.05, 4.69) is 43.7 Å². The highest BCUT2D eigenvalue weighted by atomic mass is 16.6. The topological polar surface area (TPSA) is 330 Å². The number of likely N-dealkylation sites (tertiary alicyclic amines) is 1. The van der Waals surface area contributed by atoms with Gasteiger partial charge in [0.2, 0.25) is 47.3 Å². The number of hydrogen-bond donors (Lipinski definition) is 8. The van der Waals surface area contributed by atoms with Crippen LogP contribution in [-0.4, -0.2) is 175 Å². The van der Waals surface area contributed by atoms with Crippen molar-refractivity contribution in [2.75, 3.05) is 51.6 Å². The molecule has 0 spiro atoms. The van der Waals surface area contributed by atoms with Gasteiger partial charge in [0, 0.05) is 71.1 Å². The number of benzene rings is 4. The van der Waals surface area contributed by atoms with Gasteiger partial charge in [0.1, 0.15) is 30.8 Å². The maximum Gasteiger partial charge on any atom is 0.410 e. The molecule has 0 aliphatic carbocycles. The highest BCUT2D eigenvalue weighted by molar-refractivity contribution is 5.99. The van der Waals surface area contributed by atoms with Crippen molar-refractivity contribution >= 4 is 70.8 Å². The second kappa shape index (κ2) is 40.6. The van der Waals surface area contributed by atoms with Crippen LogP contribution in [0.4, 0.5) is 21.0 Å². The van der Waals surface area contributed by atoms with Gasteiger partial charge in [-0.15, -0.1) is 0 Å². The van der Waals surface area contributed by atoms with Crippen molar-refractivity contribution in [1.82, 2.24) is 41.3 Å². The molecular weight excluding hydrogens is 1330 g/mol. The van der Waals surface area contributed by atoms with Crippen LogP contribution in [-0.2, 0) is 65.7 Å². The van der Waals surface area contributed by atoms with Crippen LogP contribution in [0.1, 0.15) is 167 Å². The quantitative estimate of drug-likeness (QED) is 0.0156. The Bertz CT molecular complexity index is 3620. The average molecular weight is 1440 g/mol. The largest absolute Gasteiger partial charge is 0.445 e. The number of nitrogens with two attached hydrogens (primary N) is 1. The zero-order valence-electron chi connectivity index (χ0n) is 63.0. The minimum Gasteiger partial charge on any atom is -0.445 e. The summed E-state index contributed by atoms with van der Waals surface area (Å²) in [5.74, 6) is 1.02. The van der Waals surface area contributed by atoms with Crippen molar-refractivity contribution in [3.63, 3.8) is 0 Å². The van der Waals surface area contributed by atoms with Crippen molar-refractivity contribution in [3.05, 3.63) is 131 Å². The number of primary amides is 1. The van der Waals surface area contributed by atoms with Crippen LogP contribution in [0.25, 0.3) is 0 Å². The second-order valence-electron chi connectivity index (χ2n) is 28.4. The molecule has 1 fully saturated rings. The molecule has 104 heavy (non-hydrogen) atoms. The molecule has 566 valence electrons. The number of rotatable bonds is 37. The van der Waals surface area contributed by atoms with E-state index in [1.54, 1.807) is 114 Å². The number of urea groups is 1. The fourth-order valence-electron chi connectivity index (χ4n) is 13.6. The zero-order valence-corrected chi connectivity index (χ0v) is 63.0. The molecule has 0 radical (unpaired) electrons. The summed E-state index contributed by atoms with van der Waals surface area (Å²) in [5.41, 5.74) is 10.1. The Morgan fingerprint density at radius 1 is 0.663 bits per heavy atom. The number of ether oxygens (including phenoxy) is 3. The van der Waals surface area contributed by atoms with E-state index in [1.165, 1.54) is 26.2 Å². The molecule has 11 amide bonds. The molecule has 0 aromatic heterocycles. The maximum absolute atomic E-state index is 14.9. The minimum atomic E-state index is -1.13. The van der Waals surface area contributed by atoms with E-state index in [4.69, 9.17) is 19.9 Å². The van der Waals surface area contributed by atoms with Crippen LogP contribution in [0.5, 0.6) is 0 Å². The lowest BCUT2D eigenvalue weighted by molar-refractivity contribution is -0.148. The molecule has 0 saturated carbocycles. The van der Waals surface area contributed by atoms with Gasteiger partial charge in [-0.3, -0.25) is 43.3 Å². The van der Waals surface area contributed by atoms with Gasteiger partial charge in [-0.25, -0.2) is 9.59 Å². The van der Waals surface area contributed by atoms with Crippen molar-refractivity contribution in [1.29, 1.82) is 0 Å². The molecule has 1 saturated heterocycles. The lowest BCUT2D eigenvalue weighted by Crippen LogP contribution is -2.60. The summed E-state index contributed by atoms with van der Waals surface area (Å²) in [7, 11) is 6.10. The van der Waals surface area contributed by atoms with Crippen LogP contribution >= 0.6 is 0 Å². The summed E-state index contributed by atoms with van der Waals surface area (Å²) < 4.78 is 17.8. The van der Waals surface area contributed by atoms with E-state index in [9.17, 15) is 53.1 Å². The summed E-state index contributed by atoms with van der Waals surface area (Å²) in [6.45, 7) is 18.8. The number of para-hydroxylation sites is 1. The van der Waals surface area contributed by atoms with E-state index < -0.39 is 126 Å². The van der Waals surface area contributed by atoms with Gasteiger partial charge in [-0.2, -0.15) is 0 Å². The van der Waals surface area contributed by atoms with Gasteiger partial charge >= 0.3 is 12.1 Å². The fraction of sp³-hybridized carbons (Fsp3) is 0.544. The van der Waals surface area contributed by atoms with Gasteiger partial charge in [0.05, 0.1) is 61.0 Å². The molecule has 2 aliphatic rings. The van der Waals surface area contributed by atoms with Crippen molar-refractivity contribution in [3.8, 4) is 11.8 Å². The molecule has 4 aromatic rings. The number of likely N-dealkylation sites (N-methyl/N-ethyl adjacent to an activating group) is 2. The highest BCUT2D eigenvalue weighted by Gasteiger charge is 2.44. The zero-order chi connectivity index (χ0) is 76.5. The predicted molar refractivity (Wildman–Crippen MR) is 398 cm³/mol. The molecule has 9 N–H and O–H groups in total. The van der Waals surface area contributed by atoms with Crippen molar-refractivity contribution in [2.45, 2.75) is 207 Å². The smallest absolute Gasteiger partial charge is 0.410 e. The number of anilines is 2. The lowest BCUT2D eigenvalue weighted by atomic mass is 9.89. The van der Waals surface area contributed by atoms with Gasteiger partial charge in [-0.05, 0) is 116 Å². The summed E-state index contributed by atoms with van der Waals surface area (Å²) >= 11 is 0. The third-order valence-corrected chi connectivity index (χ3v) is 19.7. The lowest BCUT2D eigenvalue weighted by Gasteiger charge is -2.41. The third-order valence-electron chi connectivity index (χ3n) is 19.7. The molecule has 0 unspecified atom stereocenters. The molecule has 2 aliphatic heterocycles. The summed E-state index contributed by atoms with van der Waals surface area (Å²) in [6.07, 6.45) is -0.0893. The number of carbonyl (C=O) groups excluding carboxylic acids is 10. The van der Waals surface area contributed by atoms with Crippen molar-refractivity contribution in [2.24, 2.45) is 35.3 Å². The molecule has 6 rings (SSSR count). The Hall–Kier alpha value is -9.38. The van der Waals surface area contributed by atoms with Gasteiger partial charge in [0.15, 0.2) is 0 Å². The monoisotopic (exact) mass is 1440 g/mol. The number of hydrogen-bond acceptors (Lipinski definition) is 14. The van der Waals surface area contributed by atoms with Gasteiger partial charge < -0.3 is 71.7 Å². The molecule has 25 heteroatoms. The number of unbranched alkanes of at least 4 members (excludes halogenated alkanes) is 1. The van der Waals surface area contributed by atoms with Crippen molar-refractivity contribution < 1.29 is 67.3 Å². The Balaban J connectivity index is 1.02. The molecule has 25 nitrogen and oxygen atoms in total. The number of aliphatic hydroxyl groups is 1. The molecule has 2 heterocycles. The van der Waals surface area contributed by atoms with E-state index in [1.807, 2.05) is 80.6 Å². The molecular formula is C79H111N11O14. The van der Waals surface area contributed by atoms with E-state index in [-0.39, 0.29) is 68.9 Å². The van der Waals surface area contributed by atoms with E-state index in [0.717, 1.165) is 22.4 Å². The van der Waals surface area contributed by atoms with Crippen LogP contribution in [0.2, 0.25) is 0 Å². The Labute approximate surface area is 613 Å². The summed E-state index contributed by atoms with van der Waals surface area (Å²) in [4.78, 5) is 144. The van der Waals surface area contributed by atoms with Gasteiger partial charge in [0.25, 0.3) is 0 Å². The summed E-state index contributed by atoms with van der Waals surface area (Å²) in [6, 6.07) is 24.0. The fourth-order valence-corrected chi connectivity index (χ4v) is 13.6. The van der Waals surface area contributed by atoms with Gasteiger partial charge in [-0.1, -0.05) is 153 Å². The normalized spacial score (nSPS) is 16.5. The first-order chi connectivity index (χ1) is 49.5. The highest BCUT2D eigenvalue weighted by Crippen LogP contribution is 2.32. The average Bonchev–Trinajstić information content (AvgIpc) is 1.14. The van der Waals surface area contributed by atoms with E-state index in [0.29, 0.717) is 62.0 Å². The number of methoxy groups -OCH3 is 2. The third kappa shape index (κ3) is 23.3. The first-order valence-corrected chi connectivity index (χ1v) is 36.4. The molecule has 12 atom stereocenters. The van der Waals surface area contributed by atoms with Crippen LogP contribution in [0, 0.1) is 41.4 Å².